The number of nitrogens with zero attached hydrogens (tertiary/aromatic N) is 1. The summed E-state index contributed by atoms with van der Waals surface area (Å²) in [4.78, 5) is 14.4. The van der Waals surface area contributed by atoms with Gasteiger partial charge in [0.1, 0.15) is 5.75 Å². The average molecular weight is 245 g/mol. The molecule has 1 saturated heterocycles. The van der Waals surface area contributed by atoms with Crippen LogP contribution in [0.3, 0.4) is 0 Å². The molecule has 1 aliphatic carbocycles. The maximum absolute atomic E-state index is 12.5. The molecule has 0 spiro atoms. The van der Waals surface area contributed by atoms with E-state index < -0.39 is 0 Å². The van der Waals surface area contributed by atoms with Crippen LogP contribution in [0.15, 0.2) is 18.2 Å². The summed E-state index contributed by atoms with van der Waals surface area (Å²) in [5, 5.41) is 0. The lowest BCUT2D eigenvalue weighted by Crippen LogP contribution is -2.54. The highest BCUT2D eigenvalue weighted by Gasteiger charge is 2.47. The Hall–Kier alpha value is -1.51. The lowest BCUT2D eigenvalue weighted by atomic mass is 9.64. The quantitative estimate of drug-likeness (QED) is 0.757. The van der Waals surface area contributed by atoms with E-state index in [0.29, 0.717) is 5.92 Å². The maximum atomic E-state index is 12.5. The molecule has 0 radical (unpaired) electrons. The predicted octanol–water partition coefficient (Wildman–Crippen LogP) is 1.99. The molecule has 2 bridgehead atoms. The van der Waals surface area contributed by atoms with Crippen LogP contribution >= 0.6 is 0 Å². The van der Waals surface area contributed by atoms with Crippen LogP contribution in [0.4, 0.5) is 0 Å². The van der Waals surface area contributed by atoms with Gasteiger partial charge in [-0.1, -0.05) is 6.07 Å². The Morgan fingerprint density at radius 3 is 2.94 bits per heavy atom. The molecule has 1 heterocycles. The van der Waals surface area contributed by atoms with Crippen LogP contribution in [0.5, 0.6) is 5.75 Å². The second kappa shape index (κ2) is 3.74. The summed E-state index contributed by atoms with van der Waals surface area (Å²) in [5.41, 5.74) is 2.14. The number of carbonyl (C=O) groups is 1. The number of methoxy groups -OCH3 is 1. The van der Waals surface area contributed by atoms with Crippen LogP contribution in [-0.2, 0) is 16.6 Å². The number of ether oxygens (including phenoxy) is 1. The van der Waals surface area contributed by atoms with Gasteiger partial charge in [0.15, 0.2) is 0 Å². The number of benzene rings is 1. The maximum Gasteiger partial charge on any atom is 0.232 e. The van der Waals surface area contributed by atoms with Crippen molar-refractivity contribution in [2.45, 2.75) is 25.2 Å². The molecule has 0 saturated carbocycles. The Morgan fingerprint density at radius 2 is 2.22 bits per heavy atom. The molecule has 1 amide bonds. The monoisotopic (exact) mass is 245 g/mol. The van der Waals surface area contributed by atoms with Crippen LogP contribution in [0.2, 0.25) is 0 Å². The van der Waals surface area contributed by atoms with Crippen molar-refractivity contribution in [3.63, 3.8) is 0 Å². The third kappa shape index (κ3) is 1.46. The zero-order chi connectivity index (χ0) is 12.9. The standard InChI is InChI=1S/C15H19NO2/c1-15-8-10(9-16(2)14(15)17)6-11-7-12(18-3)4-5-13(11)15/h4-5,7,10H,6,8-9H2,1-3H3/t10-,15-/m1/s1. The van der Waals surface area contributed by atoms with Gasteiger partial charge in [0.05, 0.1) is 12.5 Å². The van der Waals surface area contributed by atoms with Crippen LogP contribution in [0, 0.1) is 5.92 Å². The molecule has 18 heavy (non-hydrogen) atoms. The van der Waals surface area contributed by atoms with Crippen LogP contribution < -0.4 is 4.74 Å². The first-order valence-corrected chi connectivity index (χ1v) is 6.47. The molecule has 1 fully saturated rings. The van der Waals surface area contributed by atoms with Crippen molar-refractivity contribution in [3.8, 4) is 5.75 Å². The Morgan fingerprint density at radius 1 is 1.44 bits per heavy atom. The highest BCUT2D eigenvalue weighted by Crippen LogP contribution is 2.45. The molecule has 0 unspecified atom stereocenters. The molecule has 1 aliphatic heterocycles. The van der Waals surface area contributed by atoms with Gasteiger partial charge in [-0.2, -0.15) is 0 Å². The molecule has 0 aromatic heterocycles. The van der Waals surface area contributed by atoms with Crippen LogP contribution in [-0.4, -0.2) is 31.5 Å². The summed E-state index contributed by atoms with van der Waals surface area (Å²) in [7, 11) is 3.60. The number of carbonyl (C=O) groups excluding carboxylic acids is 1. The van der Waals surface area contributed by atoms with Gasteiger partial charge < -0.3 is 9.64 Å². The van der Waals surface area contributed by atoms with E-state index in [9.17, 15) is 4.79 Å². The number of likely N-dealkylation sites (tertiary alicyclic amines) is 1. The largest absolute Gasteiger partial charge is 0.497 e. The third-order valence-electron chi connectivity index (χ3n) is 4.46. The summed E-state index contributed by atoms with van der Waals surface area (Å²) >= 11 is 0. The number of hydrogen-bond donors (Lipinski definition) is 0. The minimum Gasteiger partial charge on any atom is -0.497 e. The second-order valence-electron chi connectivity index (χ2n) is 5.82. The molecule has 1 aromatic carbocycles. The molecule has 0 N–H and O–H groups in total. The first kappa shape index (κ1) is 11.6. The Balaban J connectivity index is 2.13. The zero-order valence-corrected chi connectivity index (χ0v) is 11.2. The van der Waals surface area contributed by atoms with E-state index in [1.807, 2.05) is 18.0 Å². The fourth-order valence-corrected chi connectivity index (χ4v) is 3.70. The Labute approximate surface area is 108 Å². The van der Waals surface area contributed by atoms with Gasteiger partial charge in [-0.15, -0.1) is 0 Å². The molecule has 3 nitrogen and oxygen atoms in total. The predicted molar refractivity (Wildman–Crippen MR) is 69.8 cm³/mol. The fourth-order valence-electron chi connectivity index (χ4n) is 3.70. The summed E-state index contributed by atoms with van der Waals surface area (Å²) < 4.78 is 5.29. The molecular formula is C15H19NO2. The number of rotatable bonds is 1. The highest BCUT2D eigenvalue weighted by molar-refractivity contribution is 5.89. The number of fused-ring (bicyclic) bond motifs is 4. The van der Waals surface area contributed by atoms with Crippen molar-refractivity contribution < 1.29 is 9.53 Å². The van der Waals surface area contributed by atoms with E-state index in [1.165, 1.54) is 11.1 Å². The molecule has 2 aliphatic rings. The Bertz CT molecular complexity index is 511. The van der Waals surface area contributed by atoms with Crippen molar-refractivity contribution in [2.24, 2.45) is 5.92 Å². The van der Waals surface area contributed by atoms with Crippen molar-refractivity contribution in [3.05, 3.63) is 29.3 Å². The van der Waals surface area contributed by atoms with Gasteiger partial charge in [0.25, 0.3) is 0 Å². The van der Waals surface area contributed by atoms with E-state index >= 15 is 0 Å². The topological polar surface area (TPSA) is 29.5 Å². The molecule has 96 valence electrons. The van der Waals surface area contributed by atoms with E-state index in [0.717, 1.165) is 25.1 Å². The van der Waals surface area contributed by atoms with Crippen LogP contribution in [0.1, 0.15) is 24.5 Å². The van der Waals surface area contributed by atoms with E-state index in [-0.39, 0.29) is 11.3 Å². The normalized spacial score (nSPS) is 30.1. The lowest BCUT2D eigenvalue weighted by molar-refractivity contribution is -0.141. The van der Waals surface area contributed by atoms with E-state index in [4.69, 9.17) is 4.74 Å². The van der Waals surface area contributed by atoms with Gasteiger partial charge in [-0.3, -0.25) is 4.79 Å². The van der Waals surface area contributed by atoms with Gasteiger partial charge in [0.2, 0.25) is 5.91 Å². The minimum absolute atomic E-state index is 0.255. The van der Waals surface area contributed by atoms with Crippen molar-refractivity contribution in [1.82, 2.24) is 4.90 Å². The van der Waals surface area contributed by atoms with Gasteiger partial charge in [-0.25, -0.2) is 0 Å². The number of piperidine rings is 1. The molecule has 1 aromatic rings. The molecule has 3 heteroatoms. The van der Waals surface area contributed by atoms with Gasteiger partial charge >= 0.3 is 0 Å². The lowest BCUT2D eigenvalue weighted by Gasteiger charge is -2.46. The van der Waals surface area contributed by atoms with Crippen molar-refractivity contribution in [2.75, 3.05) is 20.7 Å². The van der Waals surface area contributed by atoms with Crippen molar-refractivity contribution in [1.29, 1.82) is 0 Å². The van der Waals surface area contributed by atoms with Gasteiger partial charge in [-0.05, 0) is 48.9 Å². The van der Waals surface area contributed by atoms with Crippen LogP contribution in [0.25, 0.3) is 0 Å². The summed E-state index contributed by atoms with van der Waals surface area (Å²) in [6, 6.07) is 6.13. The minimum atomic E-state index is -0.336. The number of hydrogen-bond acceptors (Lipinski definition) is 2. The Kier molecular flexibility index (Phi) is 2.40. The first-order valence-electron chi connectivity index (χ1n) is 6.47. The first-order chi connectivity index (χ1) is 8.54. The summed E-state index contributed by atoms with van der Waals surface area (Å²) in [6.45, 7) is 2.97. The summed E-state index contributed by atoms with van der Waals surface area (Å²) in [5.74, 6) is 1.72. The molecule has 2 atom stereocenters. The molecule has 3 rings (SSSR count). The average Bonchev–Trinajstić information content (AvgIpc) is 2.35. The SMILES string of the molecule is COc1ccc2c(c1)C[C@H]1CN(C)C(=O)[C@]2(C)C1. The highest BCUT2D eigenvalue weighted by atomic mass is 16.5. The van der Waals surface area contributed by atoms with Gasteiger partial charge in [0, 0.05) is 13.6 Å². The smallest absolute Gasteiger partial charge is 0.232 e. The van der Waals surface area contributed by atoms with Crippen molar-refractivity contribution >= 4 is 5.91 Å². The third-order valence-corrected chi connectivity index (χ3v) is 4.46. The zero-order valence-electron chi connectivity index (χ0n) is 11.2. The molecular weight excluding hydrogens is 226 g/mol. The number of amides is 1. The van der Waals surface area contributed by atoms with E-state index in [1.54, 1.807) is 7.11 Å². The second-order valence-corrected chi connectivity index (χ2v) is 5.82. The fraction of sp³-hybridized carbons (Fsp3) is 0.533. The van der Waals surface area contributed by atoms with E-state index in [2.05, 4.69) is 19.1 Å². The number of likely N-dealkylation sites (N-methyl/N-ethyl adjacent to an activating group) is 1. The summed E-state index contributed by atoms with van der Waals surface area (Å²) in [6.07, 6.45) is 2.04.